The van der Waals surface area contributed by atoms with Gasteiger partial charge < -0.3 is 20.1 Å². The number of allylic oxidation sites excluding steroid dienone is 1. The summed E-state index contributed by atoms with van der Waals surface area (Å²) < 4.78 is 11.2. The highest BCUT2D eigenvalue weighted by Gasteiger charge is 2.28. The Bertz CT molecular complexity index is 1320. The van der Waals surface area contributed by atoms with Crippen LogP contribution in [-0.2, 0) is 6.42 Å². The second-order valence-electron chi connectivity index (χ2n) is 10.6. The molecular weight excluding hydrogens is 488 g/mol. The summed E-state index contributed by atoms with van der Waals surface area (Å²) in [5.41, 5.74) is 4.43. The molecule has 0 saturated carbocycles. The normalized spacial score (nSPS) is 14.7. The van der Waals surface area contributed by atoms with Crippen molar-refractivity contribution in [3.63, 3.8) is 0 Å². The lowest BCUT2D eigenvalue weighted by Gasteiger charge is -2.35. The average molecular weight is 527 g/mol. The molecule has 2 N–H and O–H groups in total. The van der Waals surface area contributed by atoms with Crippen molar-refractivity contribution in [1.29, 1.82) is 0 Å². The molecule has 0 atom stereocenters. The fraction of sp³-hybridized carbons (Fsp3) is 0.333. The number of hydrogen-bond acceptors (Lipinski definition) is 5. The predicted octanol–water partition coefficient (Wildman–Crippen LogP) is 7.05. The van der Waals surface area contributed by atoms with Crippen molar-refractivity contribution in [3.05, 3.63) is 95.1 Å². The minimum absolute atomic E-state index is 0.118. The summed E-state index contributed by atoms with van der Waals surface area (Å²) >= 11 is 0. The number of benzene rings is 3. The number of methoxy groups -OCH3 is 1. The molecule has 0 aromatic heterocycles. The van der Waals surface area contributed by atoms with E-state index in [0.717, 1.165) is 42.0 Å². The summed E-state index contributed by atoms with van der Waals surface area (Å²) in [6, 6.07) is 20.1. The van der Waals surface area contributed by atoms with E-state index in [0.29, 0.717) is 23.4 Å². The number of anilines is 1. The molecule has 0 fully saturated rings. The van der Waals surface area contributed by atoms with E-state index in [1.807, 2.05) is 24.3 Å². The number of carbonyl (C=O) groups is 2. The molecule has 0 bridgehead atoms. The van der Waals surface area contributed by atoms with Gasteiger partial charge in [0, 0.05) is 39.7 Å². The molecule has 4 rings (SSSR count). The molecule has 6 nitrogen and oxygen atoms in total. The van der Waals surface area contributed by atoms with Gasteiger partial charge in [0.15, 0.2) is 5.78 Å². The van der Waals surface area contributed by atoms with E-state index in [1.165, 1.54) is 18.4 Å². The zero-order chi connectivity index (χ0) is 27.8. The predicted molar refractivity (Wildman–Crippen MR) is 157 cm³/mol. The van der Waals surface area contributed by atoms with E-state index in [4.69, 9.17) is 9.47 Å². The molecule has 0 aliphatic carbocycles. The molecule has 3 aromatic rings. The number of ketones is 1. The minimum Gasteiger partial charge on any atom is -0.497 e. The van der Waals surface area contributed by atoms with Crippen molar-refractivity contribution < 1.29 is 19.1 Å². The molecule has 1 aliphatic heterocycles. The quantitative estimate of drug-likeness (QED) is 0.159. The molecule has 39 heavy (non-hydrogen) atoms. The van der Waals surface area contributed by atoms with E-state index in [2.05, 4.69) is 37.5 Å². The standard InChI is InChI=1S/C33H38N2O4/c1-5-6-7-8-19-39-27-16-11-24(12-17-27)32(37)34-26-14-9-23(10-15-26)31(36)21-30-29-20-28(38-4)18-13-25(29)22-33(2,3)35-30/h9-18,20-21,35H,5-8,19,22H2,1-4H3,(H,34,37)/b30-21-. The van der Waals surface area contributed by atoms with Crippen LogP contribution in [0.25, 0.3) is 5.70 Å². The smallest absolute Gasteiger partial charge is 0.255 e. The molecule has 1 aliphatic rings. The van der Waals surface area contributed by atoms with Crippen LogP contribution < -0.4 is 20.1 Å². The monoisotopic (exact) mass is 526 g/mol. The van der Waals surface area contributed by atoms with Gasteiger partial charge in [0.2, 0.25) is 0 Å². The van der Waals surface area contributed by atoms with Crippen molar-refractivity contribution in [1.82, 2.24) is 5.32 Å². The van der Waals surface area contributed by atoms with Crippen molar-refractivity contribution in [2.45, 2.75) is 58.4 Å². The largest absolute Gasteiger partial charge is 0.497 e. The molecule has 0 radical (unpaired) electrons. The maximum absolute atomic E-state index is 13.2. The summed E-state index contributed by atoms with van der Waals surface area (Å²) in [7, 11) is 1.64. The summed E-state index contributed by atoms with van der Waals surface area (Å²) in [4.78, 5) is 25.9. The van der Waals surface area contributed by atoms with Crippen molar-refractivity contribution >= 4 is 23.1 Å². The van der Waals surface area contributed by atoms with Gasteiger partial charge in [-0.05, 0) is 92.9 Å². The number of carbonyl (C=O) groups excluding carboxylic acids is 2. The molecule has 6 heteroatoms. The highest BCUT2D eigenvalue weighted by atomic mass is 16.5. The first-order valence-corrected chi connectivity index (χ1v) is 13.6. The first-order chi connectivity index (χ1) is 18.8. The van der Waals surface area contributed by atoms with Crippen LogP contribution in [0.4, 0.5) is 5.69 Å². The molecule has 0 unspecified atom stereocenters. The van der Waals surface area contributed by atoms with Crippen LogP contribution >= 0.6 is 0 Å². The molecule has 3 aromatic carbocycles. The van der Waals surface area contributed by atoms with Crippen molar-refractivity contribution in [3.8, 4) is 11.5 Å². The van der Waals surface area contributed by atoms with E-state index in [1.54, 1.807) is 49.6 Å². The lowest BCUT2D eigenvalue weighted by atomic mass is 9.85. The summed E-state index contributed by atoms with van der Waals surface area (Å²) in [6.45, 7) is 7.10. The number of fused-ring (bicyclic) bond motifs is 1. The van der Waals surface area contributed by atoms with Gasteiger partial charge in [-0.3, -0.25) is 9.59 Å². The second kappa shape index (κ2) is 12.7. The number of unbranched alkanes of at least 4 members (excludes halogenated alkanes) is 3. The topological polar surface area (TPSA) is 76.7 Å². The molecular formula is C33H38N2O4. The Balaban J connectivity index is 1.39. The highest BCUT2D eigenvalue weighted by molar-refractivity contribution is 6.09. The number of amides is 1. The summed E-state index contributed by atoms with van der Waals surface area (Å²) in [5.74, 6) is 1.17. The third-order valence-corrected chi connectivity index (χ3v) is 6.80. The highest BCUT2D eigenvalue weighted by Crippen LogP contribution is 2.32. The van der Waals surface area contributed by atoms with Crippen molar-refractivity contribution in [2.24, 2.45) is 0 Å². The van der Waals surface area contributed by atoms with Gasteiger partial charge in [-0.2, -0.15) is 0 Å². The Labute approximate surface area is 231 Å². The fourth-order valence-corrected chi connectivity index (χ4v) is 4.71. The number of ether oxygens (including phenoxy) is 2. The third kappa shape index (κ3) is 7.50. The first kappa shape index (κ1) is 28.0. The van der Waals surface area contributed by atoms with Gasteiger partial charge in [0.05, 0.1) is 13.7 Å². The zero-order valence-corrected chi connectivity index (χ0v) is 23.3. The minimum atomic E-state index is -0.218. The Kier molecular flexibility index (Phi) is 9.07. The lowest BCUT2D eigenvalue weighted by molar-refractivity contribution is 0.102. The van der Waals surface area contributed by atoms with Crippen LogP contribution in [0.1, 0.15) is 78.3 Å². The second-order valence-corrected chi connectivity index (χ2v) is 10.6. The van der Waals surface area contributed by atoms with Crippen molar-refractivity contribution in [2.75, 3.05) is 19.0 Å². The Hall–Kier alpha value is -4.06. The Morgan fingerprint density at radius 3 is 2.31 bits per heavy atom. The van der Waals surface area contributed by atoms with Gasteiger partial charge in [-0.1, -0.05) is 32.3 Å². The molecule has 1 heterocycles. The third-order valence-electron chi connectivity index (χ3n) is 6.80. The summed E-state index contributed by atoms with van der Waals surface area (Å²) in [6.07, 6.45) is 7.09. The van der Waals surface area contributed by atoms with Crippen LogP contribution in [0.15, 0.2) is 72.8 Å². The Morgan fingerprint density at radius 2 is 1.62 bits per heavy atom. The van der Waals surface area contributed by atoms with Crippen LogP contribution in [0.3, 0.4) is 0 Å². The van der Waals surface area contributed by atoms with Gasteiger partial charge in [-0.25, -0.2) is 0 Å². The van der Waals surface area contributed by atoms with E-state index >= 15 is 0 Å². The van der Waals surface area contributed by atoms with Crippen LogP contribution in [0.5, 0.6) is 11.5 Å². The maximum atomic E-state index is 13.2. The molecule has 1 amide bonds. The van der Waals surface area contributed by atoms with Gasteiger partial charge in [0.25, 0.3) is 5.91 Å². The molecule has 204 valence electrons. The van der Waals surface area contributed by atoms with Gasteiger partial charge in [0.1, 0.15) is 11.5 Å². The zero-order valence-electron chi connectivity index (χ0n) is 23.3. The lowest BCUT2D eigenvalue weighted by Crippen LogP contribution is -2.43. The first-order valence-electron chi connectivity index (χ1n) is 13.6. The number of rotatable bonds is 11. The van der Waals surface area contributed by atoms with Crippen LogP contribution in [0, 0.1) is 0 Å². The maximum Gasteiger partial charge on any atom is 0.255 e. The van der Waals surface area contributed by atoms with Gasteiger partial charge >= 0.3 is 0 Å². The SMILES string of the molecule is CCCCCCOc1ccc(C(=O)Nc2ccc(C(=O)/C=C3\NC(C)(C)Cc4ccc(OC)cc43)cc2)cc1. The molecule has 0 spiro atoms. The van der Waals surface area contributed by atoms with E-state index in [-0.39, 0.29) is 17.2 Å². The molecule has 0 saturated heterocycles. The number of hydrogen-bond donors (Lipinski definition) is 2. The van der Waals surface area contributed by atoms with Crippen LogP contribution in [0.2, 0.25) is 0 Å². The van der Waals surface area contributed by atoms with Crippen LogP contribution in [-0.4, -0.2) is 30.9 Å². The average Bonchev–Trinajstić information content (AvgIpc) is 2.93. The Morgan fingerprint density at radius 1 is 0.923 bits per heavy atom. The van der Waals surface area contributed by atoms with E-state index in [9.17, 15) is 9.59 Å². The summed E-state index contributed by atoms with van der Waals surface area (Å²) in [5, 5.41) is 6.39. The van der Waals surface area contributed by atoms with Gasteiger partial charge in [-0.15, -0.1) is 0 Å². The fourth-order valence-electron chi connectivity index (χ4n) is 4.71. The van der Waals surface area contributed by atoms with E-state index < -0.39 is 0 Å². The number of nitrogens with one attached hydrogen (secondary N) is 2.